The molecule has 7 heteroatoms. The second-order valence-electron chi connectivity index (χ2n) is 3.64. The molecule has 0 radical (unpaired) electrons. The third-order valence-electron chi connectivity index (χ3n) is 2.37. The maximum atomic E-state index is 12.0. The molecule has 0 fully saturated rings. The van der Waals surface area contributed by atoms with Gasteiger partial charge in [-0.25, -0.2) is 0 Å². The molecule has 0 atom stereocenters. The SMILES string of the molecule is COCCN(C)C(=O)c1cc([N+](=O)[O-])ccc1Cl. The topological polar surface area (TPSA) is 72.7 Å². The van der Waals surface area contributed by atoms with Crippen LogP contribution in [0.2, 0.25) is 5.02 Å². The number of benzene rings is 1. The van der Waals surface area contributed by atoms with Crippen LogP contribution in [0.15, 0.2) is 18.2 Å². The average molecular weight is 273 g/mol. The van der Waals surface area contributed by atoms with Crippen molar-refractivity contribution >= 4 is 23.2 Å². The average Bonchev–Trinajstić information content (AvgIpc) is 2.35. The van der Waals surface area contributed by atoms with Crippen LogP contribution < -0.4 is 0 Å². The van der Waals surface area contributed by atoms with E-state index in [2.05, 4.69) is 0 Å². The standard InChI is InChI=1S/C11H13ClN2O4/c1-13(5-6-18-2)11(15)9-7-8(14(16)17)3-4-10(9)12/h3-4,7H,5-6H2,1-2H3. The number of likely N-dealkylation sites (N-methyl/N-ethyl adjacent to an activating group) is 1. The van der Waals surface area contributed by atoms with Gasteiger partial charge in [0.05, 0.1) is 22.1 Å². The van der Waals surface area contributed by atoms with Gasteiger partial charge in [0.25, 0.3) is 11.6 Å². The zero-order valence-electron chi connectivity index (χ0n) is 10.1. The number of rotatable bonds is 5. The number of non-ortho nitro benzene ring substituents is 1. The van der Waals surface area contributed by atoms with Gasteiger partial charge in [-0.1, -0.05) is 11.6 Å². The number of nitro benzene ring substituents is 1. The molecule has 1 aromatic carbocycles. The molecule has 0 aliphatic carbocycles. The van der Waals surface area contributed by atoms with E-state index >= 15 is 0 Å². The Balaban J connectivity index is 2.97. The van der Waals surface area contributed by atoms with Crippen LogP contribution in [0.3, 0.4) is 0 Å². The van der Waals surface area contributed by atoms with Gasteiger partial charge in [0, 0.05) is 32.8 Å². The second-order valence-corrected chi connectivity index (χ2v) is 4.05. The highest BCUT2D eigenvalue weighted by atomic mass is 35.5. The fraction of sp³-hybridized carbons (Fsp3) is 0.364. The van der Waals surface area contributed by atoms with Crippen LogP contribution in [-0.2, 0) is 4.74 Å². The smallest absolute Gasteiger partial charge is 0.270 e. The Morgan fingerprint density at radius 2 is 2.22 bits per heavy atom. The minimum absolute atomic E-state index is 0.115. The first-order valence-electron chi connectivity index (χ1n) is 5.15. The lowest BCUT2D eigenvalue weighted by molar-refractivity contribution is -0.384. The van der Waals surface area contributed by atoms with E-state index in [-0.39, 0.29) is 22.2 Å². The van der Waals surface area contributed by atoms with Crippen LogP contribution in [0.1, 0.15) is 10.4 Å². The molecule has 98 valence electrons. The van der Waals surface area contributed by atoms with E-state index in [0.717, 1.165) is 0 Å². The molecule has 1 rings (SSSR count). The molecule has 6 nitrogen and oxygen atoms in total. The zero-order valence-corrected chi connectivity index (χ0v) is 10.8. The van der Waals surface area contributed by atoms with Crippen LogP contribution in [0.25, 0.3) is 0 Å². The third kappa shape index (κ3) is 3.41. The Kier molecular flexibility index (Phi) is 5.06. The zero-order chi connectivity index (χ0) is 13.7. The van der Waals surface area contributed by atoms with E-state index in [1.165, 1.54) is 30.2 Å². The largest absolute Gasteiger partial charge is 0.383 e. The van der Waals surface area contributed by atoms with Crippen LogP contribution in [-0.4, -0.2) is 43.0 Å². The summed E-state index contributed by atoms with van der Waals surface area (Å²) >= 11 is 5.87. The summed E-state index contributed by atoms with van der Waals surface area (Å²) in [6.07, 6.45) is 0. The minimum atomic E-state index is -0.567. The summed E-state index contributed by atoms with van der Waals surface area (Å²) in [6, 6.07) is 3.78. The summed E-state index contributed by atoms with van der Waals surface area (Å²) in [5.41, 5.74) is -0.0487. The summed E-state index contributed by atoms with van der Waals surface area (Å²) in [7, 11) is 3.11. The number of hydrogen-bond donors (Lipinski definition) is 0. The van der Waals surface area contributed by atoms with Crippen LogP contribution in [0, 0.1) is 10.1 Å². The van der Waals surface area contributed by atoms with Gasteiger partial charge in [-0.3, -0.25) is 14.9 Å². The Labute approximate surface area is 109 Å². The lowest BCUT2D eigenvalue weighted by Gasteiger charge is -2.17. The van der Waals surface area contributed by atoms with Crippen molar-refractivity contribution in [3.8, 4) is 0 Å². The second kappa shape index (κ2) is 6.32. The van der Waals surface area contributed by atoms with Crippen molar-refractivity contribution in [3.63, 3.8) is 0 Å². The van der Waals surface area contributed by atoms with Crippen molar-refractivity contribution in [1.82, 2.24) is 4.90 Å². The van der Waals surface area contributed by atoms with Gasteiger partial charge in [0.1, 0.15) is 0 Å². The molecular weight excluding hydrogens is 260 g/mol. The van der Waals surface area contributed by atoms with Gasteiger partial charge in [0.2, 0.25) is 0 Å². The summed E-state index contributed by atoms with van der Waals surface area (Å²) in [4.78, 5) is 23.5. The first-order valence-corrected chi connectivity index (χ1v) is 5.53. The predicted molar refractivity (Wildman–Crippen MR) is 66.9 cm³/mol. The minimum Gasteiger partial charge on any atom is -0.383 e. The van der Waals surface area contributed by atoms with Gasteiger partial charge in [-0.2, -0.15) is 0 Å². The monoisotopic (exact) mass is 272 g/mol. The Bertz CT molecular complexity index is 464. The third-order valence-corrected chi connectivity index (χ3v) is 2.70. The molecule has 0 bridgehead atoms. The fourth-order valence-electron chi connectivity index (χ4n) is 1.33. The molecule has 18 heavy (non-hydrogen) atoms. The summed E-state index contributed by atoms with van der Waals surface area (Å²) in [5.74, 6) is -0.374. The van der Waals surface area contributed by atoms with Gasteiger partial charge < -0.3 is 9.64 Å². The molecule has 0 saturated heterocycles. The van der Waals surface area contributed by atoms with E-state index < -0.39 is 4.92 Å². The molecule has 0 saturated carbocycles. The van der Waals surface area contributed by atoms with E-state index in [1.807, 2.05) is 0 Å². The normalized spacial score (nSPS) is 10.2. The van der Waals surface area contributed by atoms with Crippen molar-refractivity contribution in [1.29, 1.82) is 0 Å². The number of carbonyl (C=O) groups is 1. The van der Waals surface area contributed by atoms with Gasteiger partial charge in [-0.15, -0.1) is 0 Å². The maximum absolute atomic E-state index is 12.0. The number of nitro groups is 1. The number of ether oxygens (including phenoxy) is 1. The van der Waals surface area contributed by atoms with Crippen LogP contribution >= 0.6 is 11.6 Å². The molecule has 0 spiro atoms. The lowest BCUT2D eigenvalue weighted by atomic mass is 10.2. The van der Waals surface area contributed by atoms with Crippen molar-refractivity contribution in [2.75, 3.05) is 27.3 Å². The highest BCUT2D eigenvalue weighted by Gasteiger charge is 2.18. The first kappa shape index (κ1) is 14.4. The molecule has 0 heterocycles. The Morgan fingerprint density at radius 3 is 2.78 bits per heavy atom. The van der Waals surface area contributed by atoms with Gasteiger partial charge in [0.15, 0.2) is 0 Å². The number of amides is 1. The van der Waals surface area contributed by atoms with Crippen molar-refractivity contribution in [2.45, 2.75) is 0 Å². The van der Waals surface area contributed by atoms with E-state index in [4.69, 9.17) is 16.3 Å². The number of carbonyl (C=O) groups excluding carboxylic acids is 1. The highest BCUT2D eigenvalue weighted by Crippen LogP contribution is 2.23. The van der Waals surface area contributed by atoms with E-state index in [1.54, 1.807) is 7.05 Å². The lowest BCUT2D eigenvalue weighted by Crippen LogP contribution is -2.30. The number of nitrogens with zero attached hydrogens (tertiary/aromatic N) is 2. The van der Waals surface area contributed by atoms with Crippen LogP contribution in [0.5, 0.6) is 0 Å². The summed E-state index contributed by atoms with van der Waals surface area (Å²) in [6.45, 7) is 0.767. The number of methoxy groups -OCH3 is 1. The summed E-state index contributed by atoms with van der Waals surface area (Å²) < 4.78 is 4.86. The fourth-order valence-corrected chi connectivity index (χ4v) is 1.52. The molecule has 1 amide bonds. The molecule has 0 unspecified atom stereocenters. The van der Waals surface area contributed by atoms with Crippen molar-refractivity contribution in [2.24, 2.45) is 0 Å². The number of hydrogen-bond acceptors (Lipinski definition) is 4. The maximum Gasteiger partial charge on any atom is 0.270 e. The van der Waals surface area contributed by atoms with Crippen molar-refractivity contribution in [3.05, 3.63) is 38.9 Å². The molecule has 1 aromatic rings. The Morgan fingerprint density at radius 1 is 1.56 bits per heavy atom. The van der Waals surface area contributed by atoms with E-state index in [0.29, 0.717) is 13.2 Å². The van der Waals surface area contributed by atoms with Crippen LogP contribution in [0.4, 0.5) is 5.69 Å². The highest BCUT2D eigenvalue weighted by molar-refractivity contribution is 6.33. The summed E-state index contributed by atoms with van der Waals surface area (Å²) in [5, 5.41) is 10.8. The Hall–Kier alpha value is -1.66. The molecule has 0 aliphatic heterocycles. The van der Waals surface area contributed by atoms with Crippen molar-refractivity contribution < 1.29 is 14.5 Å². The van der Waals surface area contributed by atoms with E-state index in [9.17, 15) is 14.9 Å². The number of halogens is 1. The molecule has 0 N–H and O–H groups in total. The molecule has 0 aliphatic rings. The predicted octanol–water partition coefficient (Wildman–Crippen LogP) is 1.97. The molecule has 0 aromatic heterocycles. The first-order chi connectivity index (χ1) is 8.47. The quantitative estimate of drug-likeness (QED) is 0.607. The molecular formula is C11H13ClN2O4. The van der Waals surface area contributed by atoms with Gasteiger partial charge >= 0.3 is 0 Å². The van der Waals surface area contributed by atoms with Gasteiger partial charge in [-0.05, 0) is 6.07 Å².